The van der Waals surface area contributed by atoms with Gasteiger partial charge in [0.1, 0.15) is 0 Å². The summed E-state index contributed by atoms with van der Waals surface area (Å²) in [6.45, 7) is 0. The Morgan fingerprint density at radius 1 is 1.00 bits per heavy atom. The molecule has 1 aliphatic rings. The SMILES string of the molecule is c1ccc2c(c1)c(NC1CCCCCC1)nn1nnnc21. The van der Waals surface area contributed by atoms with Crippen LogP contribution in [0.15, 0.2) is 24.3 Å². The Morgan fingerprint density at radius 2 is 1.76 bits per heavy atom. The number of hydrogen-bond donors (Lipinski definition) is 1. The van der Waals surface area contributed by atoms with Crippen molar-refractivity contribution in [3.8, 4) is 0 Å². The van der Waals surface area contributed by atoms with Crippen LogP contribution in [-0.2, 0) is 0 Å². The summed E-state index contributed by atoms with van der Waals surface area (Å²) in [7, 11) is 0. The van der Waals surface area contributed by atoms with Gasteiger partial charge < -0.3 is 5.32 Å². The van der Waals surface area contributed by atoms with Crippen LogP contribution in [0.5, 0.6) is 0 Å². The fraction of sp³-hybridized carbons (Fsp3) is 0.467. The number of benzene rings is 1. The van der Waals surface area contributed by atoms with Crippen LogP contribution < -0.4 is 5.32 Å². The summed E-state index contributed by atoms with van der Waals surface area (Å²) in [6, 6.07) is 8.66. The number of nitrogens with one attached hydrogen (secondary N) is 1. The molecule has 0 saturated heterocycles. The minimum Gasteiger partial charge on any atom is -0.365 e. The second kappa shape index (κ2) is 5.27. The lowest BCUT2D eigenvalue weighted by atomic mass is 10.1. The van der Waals surface area contributed by atoms with E-state index >= 15 is 0 Å². The van der Waals surface area contributed by atoms with Crippen molar-refractivity contribution in [2.75, 3.05) is 5.32 Å². The van der Waals surface area contributed by atoms with E-state index in [4.69, 9.17) is 0 Å². The van der Waals surface area contributed by atoms with Crippen molar-refractivity contribution in [3.63, 3.8) is 0 Å². The molecule has 0 atom stereocenters. The molecule has 1 saturated carbocycles. The highest BCUT2D eigenvalue weighted by Gasteiger charge is 2.16. The Hall–Kier alpha value is -2.24. The zero-order chi connectivity index (χ0) is 14.1. The first-order chi connectivity index (χ1) is 10.4. The third-order valence-corrected chi connectivity index (χ3v) is 4.27. The average molecular weight is 282 g/mol. The van der Waals surface area contributed by atoms with Crippen molar-refractivity contribution in [1.82, 2.24) is 25.3 Å². The molecule has 6 nitrogen and oxygen atoms in total. The standard InChI is InChI=1S/C15H18N6/c1-2-4-8-11(7-3-1)16-14-12-9-5-6-10-13(12)15-17-19-20-21(15)18-14/h5-6,9-11H,1-4,7-8H2,(H,16,18). The molecular formula is C15H18N6. The van der Waals surface area contributed by atoms with Gasteiger partial charge in [0.05, 0.1) is 0 Å². The predicted molar refractivity (Wildman–Crippen MR) is 81.2 cm³/mol. The van der Waals surface area contributed by atoms with Gasteiger partial charge in [0.15, 0.2) is 5.82 Å². The maximum Gasteiger partial charge on any atom is 0.207 e. The molecule has 1 fully saturated rings. The van der Waals surface area contributed by atoms with Crippen molar-refractivity contribution in [3.05, 3.63) is 24.3 Å². The van der Waals surface area contributed by atoms with E-state index in [1.807, 2.05) is 18.2 Å². The fourth-order valence-electron chi connectivity index (χ4n) is 3.17. The quantitative estimate of drug-likeness (QED) is 0.732. The Labute approximate surface area is 122 Å². The van der Waals surface area contributed by atoms with Gasteiger partial charge in [-0.25, -0.2) is 0 Å². The topological polar surface area (TPSA) is 68.0 Å². The van der Waals surface area contributed by atoms with Gasteiger partial charge in [0.25, 0.3) is 0 Å². The molecule has 6 heteroatoms. The van der Waals surface area contributed by atoms with Crippen LogP contribution >= 0.6 is 0 Å². The molecule has 0 unspecified atom stereocenters. The Balaban J connectivity index is 1.78. The smallest absolute Gasteiger partial charge is 0.207 e. The molecule has 0 aliphatic heterocycles. The van der Waals surface area contributed by atoms with E-state index in [0.717, 1.165) is 16.6 Å². The van der Waals surface area contributed by atoms with Gasteiger partial charge in [0, 0.05) is 16.8 Å². The summed E-state index contributed by atoms with van der Waals surface area (Å²) < 4.78 is 1.52. The minimum atomic E-state index is 0.498. The van der Waals surface area contributed by atoms with Crippen molar-refractivity contribution >= 4 is 22.2 Å². The van der Waals surface area contributed by atoms with E-state index in [9.17, 15) is 0 Å². The fourth-order valence-corrected chi connectivity index (χ4v) is 3.17. The molecular weight excluding hydrogens is 264 g/mol. The second-order valence-corrected chi connectivity index (χ2v) is 5.72. The van der Waals surface area contributed by atoms with E-state index < -0.39 is 0 Å². The number of rotatable bonds is 2. The van der Waals surface area contributed by atoms with Gasteiger partial charge >= 0.3 is 0 Å². The number of hydrogen-bond acceptors (Lipinski definition) is 5. The van der Waals surface area contributed by atoms with Gasteiger partial charge in [-0.1, -0.05) is 49.9 Å². The zero-order valence-corrected chi connectivity index (χ0v) is 11.9. The largest absolute Gasteiger partial charge is 0.365 e. The average Bonchev–Trinajstić information content (AvgIpc) is 2.84. The Morgan fingerprint density at radius 3 is 2.57 bits per heavy atom. The monoisotopic (exact) mass is 282 g/mol. The van der Waals surface area contributed by atoms with Crippen LogP contribution in [0.25, 0.3) is 16.4 Å². The Kier molecular flexibility index (Phi) is 3.14. The van der Waals surface area contributed by atoms with Crippen molar-refractivity contribution in [1.29, 1.82) is 0 Å². The van der Waals surface area contributed by atoms with Gasteiger partial charge in [-0.05, 0) is 23.3 Å². The number of fused-ring (bicyclic) bond motifs is 3. The number of anilines is 1. The zero-order valence-electron chi connectivity index (χ0n) is 11.9. The second-order valence-electron chi connectivity index (χ2n) is 5.72. The molecule has 2 aromatic heterocycles. The molecule has 0 bridgehead atoms. The molecule has 0 spiro atoms. The van der Waals surface area contributed by atoms with Crippen LogP contribution in [0.2, 0.25) is 0 Å². The first-order valence-corrected chi connectivity index (χ1v) is 7.65. The molecule has 1 aromatic carbocycles. The van der Waals surface area contributed by atoms with Crippen molar-refractivity contribution in [2.45, 2.75) is 44.6 Å². The molecule has 21 heavy (non-hydrogen) atoms. The van der Waals surface area contributed by atoms with Gasteiger partial charge in [-0.2, -0.15) is 0 Å². The van der Waals surface area contributed by atoms with E-state index in [1.54, 1.807) is 0 Å². The van der Waals surface area contributed by atoms with Crippen LogP contribution in [0.4, 0.5) is 5.82 Å². The molecule has 1 aliphatic carbocycles. The lowest BCUT2D eigenvalue weighted by Crippen LogP contribution is -2.20. The lowest BCUT2D eigenvalue weighted by molar-refractivity contribution is 0.614. The van der Waals surface area contributed by atoms with Gasteiger partial charge in [0.2, 0.25) is 5.65 Å². The normalized spacial score (nSPS) is 17.1. The predicted octanol–water partition coefficient (Wildman–Crippen LogP) is 2.81. The summed E-state index contributed by atoms with van der Waals surface area (Å²) >= 11 is 0. The first-order valence-electron chi connectivity index (χ1n) is 7.65. The van der Waals surface area contributed by atoms with E-state index in [0.29, 0.717) is 11.7 Å². The summed E-state index contributed by atoms with van der Waals surface area (Å²) in [6.07, 6.45) is 7.70. The maximum absolute atomic E-state index is 4.56. The summed E-state index contributed by atoms with van der Waals surface area (Å²) in [5.74, 6) is 0.886. The number of nitrogens with zero attached hydrogens (tertiary/aromatic N) is 5. The molecule has 0 radical (unpaired) electrons. The molecule has 3 aromatic rings. The maximum atomic E-state index is 4.56. The minimum absolute atomic E-state index is 0.498. The summed E-state index contributed by atoms with van der Waals surface area (Å²) in [5.41, 5.74) is 0.706. The molecule has 0 amide bonds. The lowest BCUT2D eigenvalue weighted by Gasteiger charge is -2.18. The van der Waals surface area contributed by atoms with Crippen molar-refractivity contribution < 1.29 is 0 Å². The van der Waals surface area contributed by atoms with Gasteiger partial charge in [-0.3, -0.25) is 0 Å². The first kappa shape index (κ1) is 12.5. The molecule has 4 rings (SSSR count). The van der Waals surface area contributed by atoms with Crippen molar-refractivity contribution in [2.24, 2.45) is 0 Å². The number of aromatic nitrogens is 5. The third kappa shape index (κ3) is 2.30. The molecule has 2 heterocycles. The van der Waals surface area contributed by atoms with Crippen LogP contribution in [0, 0.1) is 0 Å². The van der Waals surface area contributed by atoms with Crippen LogP contribution in [0.1, 0.15) is 38.5 Å². The van der Waals surface area contributed by atoms with E-state index in [2.05, 4.69) is 32.0 Å². The van der Waals surface area contributed by atoms with E-state index in [1.165, 1.54) is 43.2 Å². The van der Waals surface area contributed by atoms with Crippen LogP contribution in [0.3, 0.4) is 0 Å². The Bertz CT molecular complexity index is 757. The molecule has 108 valence electrons. The van der Waals surface area contributed by atoms with Gasteiger partial charge in [-0.15, -0.1) is 14.8 Å². The highest BCUT2D eigenvalue weighted by molar-refractivity contribution is 5.99. The third-order valence-electron chi connectivity index (χ3n) is 4.27. The summed E-state index contributed by atoms with van der Waals surface area (Å²) in [4.78, 5) is 0. The highest BCUT2D eigenvalue weighted by Crippen LogP contribution is 2.26. The molecule has 1 N–H and O–H groups in total. The highest BCUT2D eigenvalue weighted by atomic mass is 15.6. The van der Waals surface area contributed by atoms with E-state index in [-0.39, 0.29) is 0 Å². The number of tetrazole rings is 1. The van der Waals surface area contributed by atoms with Crippen LogP contribution in [-0.4, -0.2) is 31.3 Å². The summed E-state index contributed by atoms with van der Waals surface area (Å²) in [5, 5.41) is 22.0.